The van der Waals surface area contributed by atoms with Gasteiger partial charge in [-0.25, -0.2) is 13.2 Å². The van der Waals surface area contributed by atoms with Crippen molar-refractivity contribution in [2.24, 2.45) is 5.73 Å². The molecule has 6 nitrogen and oxygen atoms in total. The summed E-state index contributed by atoms with van der Waals surface area (Å²) < 4.78 is 47.2. The SMILES string of the molecule is NC(=O)C1=CNC2=CC=CN(c3ccc(F)c(F)c3F)C2=C1N1CCOCC1. The largest absolute Gasteiger partial charge is 0.378 e. The van der Waals surface area contributed by atoms with Crippen LogP contribution in [-0.2, 0) is 9.53 Å². The van der Waals surface area contributed by atoms with Crippen molar-refractivity contribution in [3.8, 4) is 0 Å². The molecule has 9 heteroatoms. The third-order valence-corrected chi connectivity index (χ3v) is 4.71. The number of carbonyl (C=O) groups is 1. The van der Waals surface area contributed by atoms with Gasteiger partial charge in [0.2, 0.25) is 0 Å². The third-order valence-electron chi connectivity index (χ3n) is 4.71. The number of carbonyl (C=O) groups excluding carboxylic acids is 1. The molecule has 0 bridgehead atoms. The van der Waals surface area contributed by atoms with E-state index < -0.39 is 23.4 Å². The van der Waals surface area contributed by atoms with E-state index in [1.165, 1.54) is 17.3 Å². The highest BCUT2D eigenvalue weighted by atomic mass is 19.2. The first-order valence-electron chi connectivity index (χ1n) is 8.64. The number of amides is 1. The summed E-state index contributed by atoms with van der Waals surface area (Å²) in [4.78, 5) is 15.4. The zero-order valence-electron chi connectivity index (χ0n) is 14.7. The number of primary amides is 1. The molecule has 1 amide bonds. The molecule has 1 aromatic carbocycles. The number of ether oxygens (including phenoxy) is 1. The van der Waals surface area contributed by atoms with Crippen LogP contribution in [0.15, 0.2) is 59.3 Å². The molecule has 146 valence electrons. The number of allylic oxidation sites excluding steroid dienone is 2. The van der Waals surface area contributed by atoms with Gasteiger partial charge < -0.3 is 25.6 Å². The van der Waals surface area contributed by atoms with Crippen LogP contribution in [0.3, 0.4) is 0 Å². The minimum atomic E-state index is -1.56. The van der Waals surface area contributed by atoms with E-state index in [2.05, 4.69) is 5.32 Å². The maximum absolute atomic E-state index is 14.5. The van der Waals surface area contributed by atoms with Gasteiger partial charge in [0.25, 0.3) is 5.91 Å². The van der Waals surface area contributed by atoms with E-state index in [1.54, 1.807) is 12.2 Å². The molecule has 3 heterocycles. The molecule has 0 radical (unpaired) electrons. The molecule has 3 aliphatic rings. The predicted octanol–water partition coefficient (Wildman–Crippen LogP) is 1.84. The lowest BCUT2D eigenvalue weighted by Crippen LogP contribution is -2.43. The van der Waals surface area contributed by atoms with Gasteiger partial charge in [0.05, 0.1) is 41.6 Å². The Morgan fingerprint density at radius 2 is 1.86 bits per heavy atom. The molecule has 3 N–H and O–H groups in total. The molecule has 0 unspecified atom stereocenters. The van der Waals surface area contributed by atoms with Crippen molar-refractivity contribution in [2.75, 3.05) is 31.2 Å². The molecule has 0 saturated carbocycles. The highest BCUT2D eigenvalue weighted by Gasteiger charge is 2.33. The van der Waals surface area contributed by atoms with Crippen LogP contribution in [0, 0.1) is 17.5 Å². The van der Waals surface area contributed by atoms with E-state index in [0.717, 1.165) is 12.1 Å². The predicted molar refractivity (Wildman–Crippen MR) is 95.8 cm³/mol. The fourth-order valence-corrected chi connectivity index (χ4v) is 3.41. The molecule has 0 atom stereocenters. The zero-order chi connectivity index (χ0) is 19.8. The molecule has 1 fully saturated rings. The van der Waals surface area contributed by atoms with Gasteiger partial charge in [0.1, 0.15) is 0 Å². The van der Waals surface area contributed by atoms with Crippen molar-refractivity contribution in [2.45, 2.75) is 0 Å². The van der Waals surface area contributed by atoms with Crippen molar-refractivity contribution < 1.29 is 22.7 Å². The van der Waals surface area contributed by atoms with Crippen LogP contribution in [0.1, 0.15) is 0 Å². The minimum Gasteiger partial charge on any atom is -0.378 e. The van der Waals surface area contributed by atoms with Crippen LogP contribution < -0.4 is 16.0 Å². The smallest absolute Gasteiger partial charge is 0.252 e. The molecular formula is C19H17F3N4O2. The van der Waals surface area contributed by atoms with Crippen molar-refractivity contribution in [3.63, 3.8) is 0 Å². The van der Waals surface area contributed by atoms with E-state index in [9.17, 15) is 18.0 Å². The number of hydrogen-bond donors (Lipinski definition) is 2. The maximum Gasteiger partial charge on any atom is 0.252 e. The summed E-state index contributed by atoms with van der Waals surface area (Å²) >= 11 is 0. The molecule has 4 rings (SSSR count). The second kappa shape index (κ2) is 7.08. The fourth-order valence-electron chi connectivity index (χ4n) is 3.41. The van der Waals surface area contributed by atoms with Crippen molar-refractivity contribution in [3.05, 3.63) is 76.8 Å². The highest BCUT2D eigenvalue weighted by molar-refractivity contribution is 5.97. The number of fused-ring (bicyclic) bond motifs is 1. The van der Waals surface area contributed by atoms with Crippen molar-refractivity contribution >= 4 is 11.6 Å². The summed E-state index contributed by atoms with van der Waals surface area (Å²) in [5.74, 6) is -4.83. The normalized spacial score (nSPS) is 19.1. The number of anilines is 1. The van der Waals surface area contributed by atoms with Gasteiger partial charge in [-0.1, -0.05) is 0 Å². The topological polar surface area (TPSA) is 70.8 Å². The summed E-state index contributed by atoms with van der Waals surface area (Å²) in [7, 11) is 0. The Hall–Kier alpha value is -3.20. The summed E-state index contributed by atoms with van der Waals surface area (Å²) in [6.45, 7) is 1.89. The quantitative estimate of drug-likeness (QED) is 0.771. The summed E-state index contributed by atoms with van der Waals surface area (Å²) in [5, 5.41) is 2.97. The Labute approximate surface area is 159 Å². The monoisotopic (exact) mass is 390 g/mol. The van der Waals surface area contributed by atoms with E-state index in [4.69, 9.17) is 10.5 Å². The summed E-state index contributed by atoms with van der Waals surface area (Å²) in [6, 6.07) is 2.00. The molecule has 0 aliphatic carbocycles. The van der Waals surface area contributed by atoms with Gasteiger partial charge in [-0.15, -0.1) is 0 Å². The highest BCUT2D eigenvalue weighted by Crippen LogP contribution is 2.37. The summed E-state index contributed by atoms with van der Waals surface area (Å²) in [6.07, 6.45) is 6.37. The van der Waals surface area contributed by atoms with Crippen molar-refractivity contribution in [1.29, 1.82) is 0 Å². The van der Waals surface area contributed by atoms with Crippen molar-refractivity contribution in [1.82, 2.24) is 10.2 Å². The van der Waals surface area contributed by atoms with Crippen LogP contribution >= 0.6 is 0 Å². The van der Waals surface area contributed by atoms with E-state index >= 15 is 0 Å². The molecule has 1 aromatic rings. The lowest BCUT2D eigenvalue weighted by Gasteiger charge is -2.39. The van der Waals surface area contributed by atoms with Crippen LogP contribution in [0.4, 0.5) is 18.9 Å². The number of nitrogens with two attached hydrogens (primary N) is 1. The second-order valence-corrected chi connectivity index (χ2v) is 6.35. The van der Waals surface area contributed by atoms with Gasteiger partial charge in [-0.2, -0.15) is 0 Å². The molecule has 1 saturated heterocycles. The Balaban J connectivity index is 1.91. The number of morpholine rings is 1. The van der Waals surface area contributed by atoms with Crippen LogP contribution in [0.2, 0.25) is 0 Å². The van der Waals surface area contributed by atoms with Crippen LogP contribution in [0.5, 0.6) is 0 Å². The Kier molecular flexibility index (Phi) is 4.60. The van der Waals surface area contributed by atoms with E-state index in [0.29, 0.717) is 43.4 Å². The van der Waals surface area contributed by atoms with Gasteiger partial charge >= 0.3 is 0 Å². The van der Waals surface area contributed by atoms with Crippen LogP contribution in [-0.4, -0.2) is 37.1 Å². The summed E-state index contributed by atoms with van der Waals surface area (Å²) in [5.41, 5.74) is 7.06. The van der Waals surface area contributed by atoms with Gasteiger partial charge in [-0.3, -0.25) is 4.79 Å². The average molecular weight is 390 g/mol. The molecule has 3 aliphatic heterocycles. The second-order valence-electron chi connectivity index (χ2n) is 6.35. The molecular weight excluding hydrogens is 373 g/mol. The first kappa shape index (κ1) is 18.2. The number of hydrogen-bond acceptors (Lipinski definition) is 5. The molecule has 28 heavy (non-hydrogen) atoms. The van der Waals surface area contributed by atoms with E-state index in [-0.39, 0.29) is 11.3 Å². The molecule has 0 aromatic heterocycles. The molecule has 0 spiro atoms. The number of dihydropyridines is 1. The minimum absolute atomic E-state index is 0.186. The number of benzene rings is 1. The number of halogens is 3. The van der Waals surface area contributed by atoms with Gasteiger partial charge in [-0.05, 0) is 24.3 Å². The Morgan fingerprint density at radius 1 is 1.11 bits per heavy atom. The zero-order valence-corrected chi connectivity index (χ0v) is 14.7. The number of nitrogens with one attached hydrogen (secondary N) is 1. The number of rotatable bonds is 3. The first-order valence-corrected chi connectivity index (χ1v) is 8.64. The first-order chi connectivity index (χ1) is 13.5. The van der Waals surface area contributed by atoms with Gasteiger partial charge in [0.15, 0.2) is 17.5 Å². The third kappa shape index (κ3) is 2.93. The Bertz CT molecular complexity index is 962. The lowest BCUT2D eigenvalue weighted by atomic mass is 10.0. The average Bonchev–Trinajstić information content (AvgIpc) is 2.71. The van der Waals surface area contributed by atoms with E-state index in [1.807, 2.05) is 4.90 Å². The Morgan fingerprint density at radius 3 is 2.57 bits per heavy atom. The maximum atomic E-state index is 14.5. The standard InChI is InChI=1S/C19H17F3N4O2/c20-12-3-4-14(16(22)15(12)21)26-5-1-2-13-18(26)17(11(10-24-13)19(23)27)25-6-8-28-9-7-25/h1-5,10,24H,6-9H2,(H2,23,27). The van der Waals surface area contributed by atoms with Gasteiger partial charge in [0, 0.05) is 25.5 Å². The lowest BCUT2D eigenvalue weighted by molar-refractivity contribution is -0.114. The fraction of sp³-hybridized carbons (Fsp3) is 0.211. The van der Waals surface area contributed by atoms with Crippen LogP contribution in [0.25, 0.3) is 0 Å². The number of nitrogens with zero attached hydrogens (tertiary/aromatic N) is 2.